The van der Waals surface area contributed by atoms with Gasteiger partial charge in [-0.1, -0.05) is 44.2 Å². The first-order valence-corrected chi connectivity index (χ1v) is 8.58. The third-order valence-corrected chi connectivity index (χ3v) is 4.71. The number of benzene rings is 1. The van der Waals surface area contributed by atoms with Crippen LogP contribution >= 0.6 is 0 Å². The molecule has 1 aromatic heterocycles. The van der Waals surface area contributed by atoms with E-state index in [1.807, 2.05) is 10.7 Å². The summed E-state index contributed by atoms with van der Waals surface area (Å²) in [7, 11) is 0. The molecule has 0 unspecified atom stereocenters. The minimum absolute atomic E-state index is 0.299. The summed E-state index contributed by atoms with van der Waals surface area (Å²) in [6.45, 7) is 10.8. The van der Waals surface area contributed by atoms with Crippen LogP contribution in [0.1, 0.15) is 37.7 Å². The van der Waals surface area contributed by atoms with Crippen molar-refractivity contribution in [1.82, 2.24) is 30.0 Å². The molecule has 1 aliphatic heterocycles. The van der Waals surface area contributed by atoms with Crippen molar-refractivity contribution in [3.05, 3.63) is 41.7 Å². The minimum atomic E-state index is 0.299. The van der Waals surface area contributed by atoms with Crippen LogP contribution in [0.15, 0.2) is 30.3 Å². The van der Waals surface area contributed by atoms with Crippen LogP contribution in [0.25, 0.3) is 0 Å². The van der Waals surface area contributed by atoms with Crippen LogP contribution in [-0.2, 0) is 6.54 Å². The molecule has 0 spiro atoms. The van der Waals surface area contributed by atoms with Crippen molar-refractivity contribution in [1.29, 1.82) is 0 Å². The smallest absolute Gasteiger partial charge is 0.168 e. The van der Waals surface area contributed by atoms with Crippen molar-refractivity contribution < 1.29 is 0 Å². The molecule has 1 aromatic carbocycles. The van der Waals surface area contributed by atoms with E-state index in [9.17, 15) is 0 Å². The Morgan fingerprint density at radius 2 is 1.78 bits per heavy atom. The van der Waals surface area contributed by atoms with E-state index >= 15 is 0 Å². The predicted molar refractivity (Wildman–Crippen MR) is 90.1 cm³/mol. The van der Waals surface area contributed by atoms with Crippen LogP contribution < -0.4 is 0 Å². The summed E-state index contributed by atoms with van der Waals surface area (Å²) in [6.07, 6.45) is 1.03. The fourth-order valence-corrected chi connectivity index (χ4v) is 3.31. The van der Waals surface area contributed by atoms with Crippen molar-refractivity contribution in [2.75, 3.05) is 32.7 Å². The molecule has 0 aliphatic carbocycles. The van der Waals surface area contributed by atoms with E-state index in [-0.39, 0.29) is 0 Å². The fourth-order valence-electron chi connectivity index (χ4n) is 3.31. The second kappa shape index (κ2) is 7.66. The molecule has 1 aliphatic rings. The third kappa shape index (κ3) is 3.76. The second-order valence-electron chi connectivity index (χ2n) is 6.07. The fraction of sp³-hybridized carbons (Fsp3) is 0.588. The van der Waals surface area contributed by atoms with Gasteiger partial charge < -0.3 is 4.90 Å². The molecule has 3 rings (SSSR count). The molecule has 1 saturated heterocycles. The number of nitrogens with zero attached hydrogens (tertiary/aromatic N) is 6. The van der Waals surface area contributed by atoms with Gasteiger partial charge in [0.15, 0.2) is 5.82 Å². The van der Waals surface area contributed by atoms with Gasteiger partial charge in [0.25, 0.3) is 0 Å². The van der Waals surface area contributed by atoms with Gasteiger partial charge in [-0.25, -0.2) is 4.68 Å². The number of aromatic nitrogens is 4. The number of hydrogen-bond acceptors (Lipinski definition) is 5. The molecule has 6 heteroatoms. The van der Waals surface area contributed by atoms with Crippen molar-refractivity contribution in [2.24, 2.45) is 0 Å². The van der Waals surface area contributed by atoms with Crippen molar-refractivity contribution in [2.45, 2.75) is 32.9 Å². The Kier molecular flexibility index (Phi) is 5.35. The van der Waals surface area contributed by atoms with Gasteiger partial charge in [0, 0.05) is 26.2 Å². The third-order valence-electron chi connectivity index (χ3n) is 4.71. The average Bonchev–Trinajstić information content (AvgIpc) is 3.05. The van der Waals surface area contributed by atoms with Gasteiger partial charge in [-0.15, -0.1) is 5.10 Å². The normalized spacial score (nSPS) is 18.2. The maximum Gasteiger partial charge on any atom is 0.168 e. The van der Waals surface area contributed by atoms with E-state index in [0.717, 1.165) is 51.5 Å². The maximum atomic E-state index is 4.34. The van der Waals surface area contributed by atoms with Crippen molar-refractivity contribution in [3.8, 4) is 0 Å². The van der Waals surface area contributed by atoms with Crippen LogP contribution in [-0.4, -0.2) is 62.7 Å². The molecule has 1 atom stereocenters. The summed E-state index contributed by atoms with van der Waals surface area (Å²) >= 11 is 0. The van der Waals surface area contributed by atoms with Gasteiger partial charge in [-0.3, -0.25) is 4.90 Å². The summed E-state index contributed by atoms with van der Waals surface area (Å²) in [5, 5.41) is 12.5. The molecule has 23 heavy (non-hydrogen) atoms. The first-order chi connectivity index (χ1) is 11.3. The zero-order valence-electron chi connectivity index (χ0n) is 14.1. The zero-order chi connectivity index (χ0) is 16.1. The summed E-state index contributed by atoms with van der Waals surface area (Å²) in [5.74, 6) is 0.987. The molecule has 0 bridgehead atoms. The maximum absolute atomic E-state index is 4.34. The summed E-state index contributed by atoms with van der Waals surface area (Å²) in [4.78, 5) is 5.02. The molecule has 1 fully saturated rings. The molecular formula is C17H26N6. The SMILES string of the molecule is CC[C@H](c1nnnn1Cc1ccccc1)N1CCN(CC)CC1. The first kappa shape index (κ1) is 16.1. The van der Waals surface area contributed by atoms with Crippen molar-refractivity contribution >= 4 is 0 Å². The molecule has 2 aromatic rings. The largest absolute Gasteiger partial charge is 0.301 e. The highest BCUT2D eigenvalue weighted by atomic mass is 15.6. The standard InChI is InChI=1S/C17H26N6/c1-3-16(22-12-10-21(4-2)11-13-22)17-18-19-20-23(17)14-15-8-6-5-7-9-15/h5-9,16H,3-4,10-14H2,1-2H3/t16-/m1/s1. The number of piperazine rings is 1. The lowest BCUT2D eigenvalue weighted by Gasteiger charge is -2.38. The van der Waals surface area contributed by atoms with E-state index in [1.54, 1.807) is 0 Å². The Balaban J connectivity index is 1.73. The Hall–Kier alpha value is -1.79. The van der Waals surface area contributed by atoms with E-state index in [1.165, 1.54) is 5.56 Å². The highest BCUT2D eigenvalue weighted by molar-refractivity contribution is 5.15. The van der Waals surface area contributed by atoms with Gasteiger partial charge >= 0.3 is 0 Å². The van der Waals surface area contributed by atoms with Crippen LogP contribution in [0.5, 0.6) is 0 Å². The van der Waals surface area contributed by atoms with Gasteiger partial charge in [-0.2, -0.15) is 0 Å². The Morgan fingerprint density at radius 1 is 1.04 bits per heavy atom. The quantitative estimate of drug-likeness (QED) is 0.814. The number of tetrazole rings is 1. The van der Waals surface area contributed by atoms with Crippen LogP contribution in [0, 0.1) is 0 Å². The van der Waals surface area contributed by atoms with Gasteiger partial charge in [0.2, 0.25) is 0 Å². The molecule has 124 valence electrons. The monoisotopic (exact) mass is 314 g/mol. The number of rotatable bonds is 6. The van der Waals surface area contributed by atoms with E-state index < -0.39 is 0 Å². The minimum Gasteiger partial charge on any atom is -0.301 e. The molecular weight excluding hydrogens is 288 g/mol. The highest BCUT2D eigenvalue weighted by Gasteiger charge is 2.27. The first-order valence-electron chi connectivity index (χ1n) is 8.58. The topological polar surface area (TPSA) is 50.1 Å². The molecule has 2 heterocycles. The average molecular weight is 314 g/mol. The number of hydrogen-bond donors (Lipinski definition) is 0. The summed E-state index contributed by atoms with van der Waals surface area (Å²) in [5.41, 5.74) is 1.23. The van der Waals surface area contributed by atoms with Crippen LogP contribution in [0.4, 0.5) is 0 Å². The second-order valence-corrected chi connectivity index (χ2v) is 6.07. The number of likely N-dealkylation sites (N-methyl/N-ethyl adjacent to an activating group) is 1. The van der Waals surface area contributed by atoms with E-state index in [0.29, 0.717) is 6.04 Å². The predicted octanol–water partition coefficient (Wildman–Crippen LogP) is 1.81. The van der Waals surface area contributed by atoms with E-state index in [4.69, 9.17) is 0 Å². The summed E-state index contributed by atoms with van der Waals surface area (Å²) in [6, 6.07) is 10.7. The Labute approximate surface area is 138 Å². The molecule has 0 amide bonds. The van der Waals surface area contributed by atoms with Gasteiger partial charge in [-0.05, 0) is 29.0 Å². The molecule has 0 radical (unpaired) electrons. The van der Waals surface area contributed by atoms with Gasteiger partial charge in [0.1, 0.15) is 0 Å². The Morgan fingerprint density at radius 3 is 2.43 bits per heavy atom. The zero-order valence-corrected chi connectivity index (χ0v) is 14.1. The van der Waals surface area contributed by atoms with Crippen LogP contribution in [0.2, 0.25) is 0 Å². The van der Waals surface area contributed by atoms with E-state index in [2.05, 4.69) is 63.4 Å². The molecule has 0 N–H and O–H groups in total. The highest BCUT2D eigenvalue weighted by Crippen LogP contribution is 2.23. The molecule has 6 nitrogen and oxygen atoms in total. The lowest BCUT2D eigenvalue weighted by molar-refractivity contribution is 0.0915. The van der Waals surface area contributed by atoms with Crippen LogP contribution in [0.3, 0.4) is 0 Å². The Bertz CT molecular complexity index is 588. The summed E-state index contributed by atoms with van der Waals surface area (Å²) < 4.78 is 1.95. The lowest BCUT2D eigenvalue weighted by Crippen LogP contribution is -2.47. The van der Waals surface area contributed by atoms with Crippen molar-refractivity contribution in [3.63, 3.8) is 0 Å². The van der Waals surface area contributed by atoms with Gasteiger partial charge in [0.05, 0.1) is 12.6 Å². The molecule has 0 saturated carbocycles. The lowest BCUT2D eigenvalue weighted by atomic mass is 10.1.